The summed E-state index contributed by atoms with van der Waals surface area (Å²) in [5.41, 5.74) is 0. The molecule has 1 aliphatic rings. The molecule has 100 valence electrons. The van der Waals surface area contributed by atoms with Gasteiger partial charge in [0.2, 0.25) is 5.91 Å². The van der Waals surface area contributed by atoms with Gasteiger partial charge < -0.3 is 14.6 Å². The molecule has 1 N–H and O–H groups in total. The van der Waals surface area contributed by atoms with Gasteiger partial charge in [-0.2, -0.15) is 0 Å². The Morgan fingerprint density at radius 2 is 2.28 bits per heavy atom. The predicted octanol–water partition coefficient (Wildman–Crippen LogP) is 2.16. The summed E-state index contributed by atoms with van der Waals surface area (Å²) >= 11 is 0. The molecule has 1 amide bonds. The van der Waals surface area contributed by atoms with Crippen LogP contribution in [0.4, 0.5) is 0 Å². The molecule has 4 nitrogen and oxygen atoms in total. The fourth-order valence-electron chi connectivity index (χ4n) is 2.58. The van der Waals surface area contributed by atoms with Crippen molar-refractivity contribution >= 4 is 5.91 Å². The highest BCUT2D eigenvalue weighted by molar-refractivity contribution is 5.76. The molecule has 2 rings (SSSR count). The lowest BCUT2D eigenvalue weighted by Gasteiger charge is -2.28. The maximum atomic E-state index is 12.3. The molecule has 0 atom stereocenters. The Morgan fingerprint density at radius 3 is 2.89 bits per heavy atom. The highest BCUT2D eigenvalue weighted by Gasteiger charge is 2.26. The van der Waals surface area contributed by atoms with E-state index in [9.17, 15) is 4.79 Å². The van der Waals surface area contributed by atoms with Gasteiger partial charge in [-0.05, 0) is 32.0 Å². The van der Waals surface area contributed by atoms with Crippen LogP contribution in [0.3, 0.4) is 0 Å². The lowest BCUT2D eigenvalue weighted by Crippen LogP contribution is -2.39. The summed E-state index contributed by atoms with van der Waals surface area (Å²) in [6.07, 6.45) is 6.96. The van der Waals surface area contributed by atoms with Crippen LogP contribution in [0.1, 0.15) is 37.9 Å². The van der Waals surface area contributed by atoms with E-state index in [2.05, 4.69) is 5.32 Å². The first kappa shape index (κ1) is 13.1. The maximum absolute atomic E-state index is 12.3. The first-order valence-corrected chi connectivity index (χ1v) is 6.77. The third kappa shape index (κ3) is 3.35. The second kappa shape index (κ2) is 6.59. The Labute approximate surface area is 108 Å². The van der Waals surface area contributed by atoms with Gasteiger partial charge in [0.05, 0.1) is 12.8 Å². The zero-order valence-corrected chi connectivity index (χ0v) is 11.0. The smallest absolute Gasteiger partial charge is 0.224 e. The minimum absolute atomic E-state index is 0.229. The van der Waals surface area contributed by atoms with Crippen LogP contribution in [0.25, 0.3) is 0 Å². The third-order valence-corrected chi connectivity index (χ3v) is 3.58. The third-order valence-electron chi connectivity index (χ3n) is 3.58. The molecule has 0 bridgehead atoms. The maximum Gasteiger partial charge on any atom is 0.224 e. The van der Waals surface area contributed by atoms with Gasteiger partial charge in [0.1, 0.15) is 5.76 Å². The molecule has 1 aliphatic carbocycles. The van der Waals surface area contributed by atoms with E-state index >= 15 is 0 Å². The van der Waals surface area contributed by atoms with Crippen molar-refractivity contribution < 1.29 is 9.21 Å². The number of nitrogens with one attached hydrogen (secondary N) is 1. The van der Waals surface area contributed by atoms with Crippen LogP contribution in [0, 0.1) is 0 Å². The van der Waals surface area contributed by atoms with Crippen molar-refractivity contribution in [3.8, 4) is 0 Å². The summed E-state index contributed by atoms with van der Waals surface area (Å²) in [6.45, 7) is 1.35. The van der Waals surface area contributed by atoms with Crippen molar-refractivity contribution in [1.82, 2.24) is 10.2 Å². The standard InChI is InChI=1S/C14H22N2O2/c1-15-9-8-14(17)16(12-5-2-3-6-12)11-13-7-4-10-18-13/h4,7,10,12,15H,2-3,5-6,8-9,11H2,1H3. The zero-order chi connectivity index (χ0) is 12.8. The molecule has 1 aromatic rings. The van der Waals surface area contributed by atoms with E-state index in [0.717, 1.165) is 25.1 Å². The van der Waals surface area contributed by atoms with Crippen LogP contribution in [0.5, 0.6) is 0 Å². The molecule has 0 spiro atoms. The molecular weight excluding hydrogens is 228 g/mol. The van der Waals surface area contributed by atoms with Crippen molar-refractivity contribution in [1.29, 1.82) is 0 Å². The number of hydrogen-bond acceptors (Lipinski definition) is 3. The fourth-order valence-corrected chi connectivity index (χ4v) is 2.58. The molecule has 0 unspecified atom stereocenters. The quantitative estimate of drug-likeness (QED) is 0.841. The van der Waals surface area contributed by atoms with Crippen molar-refractivity contribution in [2.24, 2.45) is 0 Å². The molecule has 1 saturated carbocycles. The van der Waals surface area contributed by atoms with Crippen molar-refractivity contribution in [3.63, 3.8) is 0 Å². The van der Waals surface area contributed by atoms with Crippen LogP contribution < -0.4 is 5.32 Å². The van der Waals surface area contributed by atoms with Gasteiger partial charge in [-0.15, -0.1) is 0 Å². The van der Waals surface area contributed by atoms with Gasteiger partial charge >= 0.3 is 0 Å². The summed E-state index contributed by atoms with van der Waals surface area (Å²) in [5, 5.41) is 3.03. The summed E-state index contributed by atoms with van der Waals surface area (Å²) in [7, 11) is 1.87. The van der Waals surface area contributed by atoms with Crippen LogP contribution in [0.2, 0.25) is 0 Å². The minimum atomic E-state index is 0.229. The Morgan fingerprint density at radius 1 is 1.50 bits per heavy atom. The minimum Gasteiger partial charge on any atom is -0.467 e. The average molecular weight is 250 g/mol. The Hall–Kier alpha value is -1.29. The number of furan rings is 1. The first-order valence-electron chi connectivity index (χ1n) is 6.77. The van der Waals surface area contributed by atoms with Gasteiger partial charge in [0.25, 0.3) is 0 Å². The van der Waals surface area contributed by atoms with Gasteiger partial charge in [0, 0.05) is 19.0 Å². The van der Waals surface area contributed by atoms with Gasteiger partial charge in [-0.25, -0.2) is 0 Å². The van der Waals surface area contributed by atoms with E-state index in [0.29, 0.717) is 19.0 Å². The Balaban J connectivity index is 1.99. The molecule has 4 heteroatoms. The molecule has 0 saturated heterocycles. The van der Waals surface area contributed by atoms with Crippen molar-refractivity contribution in [2.75, 3.05) is 13.6 Å². The Kier molecular flexibility index (Phi) is 4.81. The number of amides is 1. The first-order chi connectivity index (χ1) is 8.81. The molecule has 0 aliphatic heterocycles. The molecule has 18 heavy (non-hydrogen) atoms. The van der Waals surface area contributed by atoms with Gasteiger partial charge in [0.15, 0.2) is 0 Å². The normalized spacial score (nSPS) is 16.1. The van der Waals surface area contributed by atoms with Gasteiger partial charge in [-0.3, -0.25) is 4.79 Å². The van der Waals surface area contributed by atoms with Crippen LogP contribution in [-0.4, -0.2) is 30.4 Å². The molecule has 1 aromatic heterocycles. The molecular formula is C14H22N2O2. The SMILES string of the molecule is CNCCC(=O)N(Cc1ccco1)C1CCCC1. The monoisotopic (exact) mass is 250 g/mol. The number of hydrogen-bond donors (Lipinski definition) is 1. The van der Waals surface area contributed by atoms with E-state index in [-0.39, 0.29) is 5.91 Å². The highest BCUT2D eigenvalue weighted by atomic mass is 16.3. The molecule has 0 aromatic carbocycles. The summed E-state index contributed by atoms with van der Waals surface area (Å²) in [4.78, 5) is 14.3. The lowest BCUT2D eigenvalue weighted by molar-refractivity contribution is -0.134. The Bertz CT molecular complexity index is 356. The van der Waals surface area contributed by atoms with Crippen LogP contribution >= 0.6 is 0 Å². The van der Waals surface area contributed by atoms with Gasteiger partial charge in [-0.1, -0.05) is 12.8 Å². The topological polar surface area (TPSA) is 45.5 Å². The van der Waals surface area contributed by atoms with E-state index in [1.165, 1.54) is 12.8 Å². The van der Waals surface area contributed by atoms with E-state index in [1.54, 1.807) is 6.26 Å². The predicted molar refractivity (Wildman–Crippen MR) is 70.1 cm³/mol. The van der Waals surface area contributed by atoms with E-state index in [4.69, 9.17) is 4.42 Å². The highest BCUT2D eigenvalue weighted by Crippen LogP contribution is 2.25. The van der Waals surface area contributed by atoms with E-state index < -0.39 is 0 Å². The van der Waals surface area contributed by atoms with Crippen molar-refractivity contribution in [2.45, 2.75) is 44.7 Å². The second-order valence-electron chi connectivity index (χ2n) is 4.89. The number of nitrogens with zero attached hydrogens (tertiary/aromatic N) is 1. The number of carbonyl (C=O) groups is 1. The largest absolute Gasteiger partial charge is 0.467 e. The summed E-state index contributed by atoms with van der Waals surface area (Å²) in [5.74, 6) is 1.10. The lowest BCUT2D eigenvalue weighted by atomic mass is 10.2. The number of rotatable bonds is 6. The van der Waals surface area contributed by atoms with Crippen LogP contribution in [-0.2, 0) is 11.3 Å². The summed E-state index contributed by atoms with van der Waals surface area (Å²) in [6, 6.07) is 4.22. The second-order valence-corrected chi connectivity index (χ2v) is 4.89. The fraction of sp³-hybridized carbons (Fsp3) is 0.643. The molecule has 0 radical (unpaired) electrons. The van der Waals surface area contributed by atoms with Crippen LogP contribution in [0.15, 0.2) is 22.8 Å². The summed E-state index contributed by atoms with van der Waals surface area (Å²) < 4.78 is 5.37. The van der Waals surface area contributed by atoms with E-state index in [1.807, 2.05) is 24.1 Å². The molecule has 1 fully saturated rings. The van der Waals surface area contributed by atoms with Crippen molar-refractivity contribution in [3.05, 3.63) is 24.2 Å². The molecule has 1 heterocycles. The zero-order valence-electron chi connectivity index (χ0n) is 11.0. The number of carbonyl (C=O) groups excluding carboxylic acids is 1. The average Bonchev–Trinajstić information content (AvgIpc) is 3.05.